The summed E-state index contributed by atoms with van der Waals surface area (Å²) in [6, 6.07) is 15.1. The predicted molar refractivity (Wildman–Crippen MR) is 290 cm³/mol. The number of nitrogens with zero attached hydrogens (tertiary/aromatic N) is 14. The number of amides is 4. The molecular weight excluding hydrogens is 965 g/mol. The molecule has 8 aromatic heterocycles. The van der Waals surface area contributed by atoms with E-state index < -0.39 is 5.54 Å². The molecule has 1 unspecified atom stereocenters. The van der Waals surface area contributed by atoms with Gasteiger partial charge >= 0.3 is 12.1 Å². The summed E-state index contributed by atoms with van der Waals surface area (Å²) in [6.07, 6.45) is 13.4. The fraction of sp³-hybridized carbons (Fsp3) is 0.444. The van der Waals surface area contributed by atoms with Gasteiger partial charge in [0.05, 0.1) is 92.6 Å². The van der Waals surface area contributed by atoms with Gasteiger partial charge in [0, 0.05) is 90.9 Å². The maximum atomic E-state index is 14.2. The Hall–Kier alpha value is -7.98. The minimum Gasteiger partial charge on any atom is -0.378 e. The molecule has 3 aliphatic rings. The third kappa shape index (κ3) is 10.2. The highest BCUT2D eigenvalue weighted by Crippen LogP contribution is 2.40. The van der Waals surface area contributed by atoms with Crippen LogP contribution in [0.4, 0.5) is 32.6 Å². The van der Waals surface area contributed by atoms with Gasteiger partial charge in [-0.15, -0.1) is 0 Å². The molecule has 396 valence electrons. The van der Waals surface area contributed by atoms with Crippen molar-refractivity contribution >= 4 is 56.9 Å². The van der Waals surface area contributed by atoms with E-state index in [2.05, 4.69) is 76.2 Å². The summed E-state index contributed by atoms with van der Waals surface area (Å²) in [7, 11) is 3.47. The second-order valence-corrected chi connectivity index (χ2v) is 21.4. The van der Waals surface area contributed by atoms with Gasteiger partial charge < -0.3 is 39.7 Å². The van der Waals surface area contributed by atoms with E-state index in [9.17, 15) is 9.59 Å². The molecule has 22 nitrogen and oxygen atoms in total. The summed E-state index contributed by atoms with van der Waals surface area (Å²) in [6.45, 7) is 15.9. The molecule has 3 fully saturated rings. The minimum absolute atomic E-state index is 0.0594. The summed E-state index contributed by atoms with van der Waals surface area (Å²) < 4.78 is 16.3. The van der Waals surface area contributed by atoms with Gasteiger partial charge in [-0.05, 0) is 81.3 Å². The van der Waals surface area contributed by atoms with Gasteiger partial charge in [0.25, 0.3) is 0 Å². The second kappa shape index (κ2) is 21.0. The van der Waals surface area contributed by atoms with Gasteiger partial charge in [-0.3, -0.25) is 39.5 Å². The Balaban J connectivity index is 0.739. The monoisotopic (exact) mass is 1030 g/mol. The van der Waals surface area contributed by atoms with E-state index in [-0.39, 0.29) is 36.2 Å². The molecule has 1 saturated carbocycles. The fourth-order valence-corrected chi connectivity index (χ4v) is 10.2. The number of pyridine rings is 4. The van der Waals surface area contributed by atoms with E-state index in [4.69, 9.17) is 29.6 Å². The van der Waals surface area contributed by atoms with Gasteiger partial charge in [0.2, 0.25) is 0 Å². The summed E-state index contributed by atoms with van der Waals surface area (Å²) >= 11 is 0. The van der Waals surface area contributed by atoms with Crippen LogP contribution in [0.15, 0.2) is 85.7 Å². The van der Waals surface area contributed by atoms with Gasteiger partial charge in [0.1, 0.15) is 11.4 Å². The lowest BCUT2D eigenvalue weighted by atomic mass is 9.97. The number of fused-ring (bicyclic) bond motifs is 2. The minimum atomic E-state index is -0.634. The molecular formula is C54H66N18O4. The third-order valence-electron chi connectivity index (χ3n) is 14.6. The van der Waals surface area contributed by atoms with Crippen LogP contribution in [0, 0.1) is 11.8 Å². The number of hydrogen-bond donors (Lipinski definition) is 4. The van der Waals surface area contributed by atoms with Crippen molar-refractivity contribution in [2.45, 2.75) is 97.3 Å². The number of aromatic nitrogens is 12. The van der Waals surface area contributed by atoms with Crippen LogP contribution in [0.1, 0.15) is 65.3 Å². The lowest BCUT2D eigenvalue weighted by Gasteiger charge is -2.39. The van der Waals surface area contributed by atoms with Crippen molar-refractivity contribution in [1.82, 2.24) is 69.7 Å². The van der Waals surface area contributed by atoms with Crippen LogP contribution in [0.3, 0.4) is 0 Å². The summed E-state index contributed by atoms with van der Waals surface area (Å²) in [4.78, 5) is 54.0. The van der Waals surface area contributed by atoms with Crippen molar-refractivity contribution in [3.05, 3.63) is 97.1 Å². The molecule has 10 heterocycles. The molecule has 8 aromatic rings. The standard InChI is InChI=1S/C54H66N18O4/c1-33(2)26-70-45-20-41(48-43(24-59-63-48)61-52(73)67(6)28-35-12-8-10-17-55-35)57-22-39(45)50(65-70)69-31-38(32-69)76-19-16-34(3)27-71-46-21-42(58-23-40(46)51(66-71)68-29-37(30-68)75-7)49-44(25-60-64-49)62-53(74)72(36-14-15-36)54(4,5)47-13-9-11-18-56-47/h8-13,17-18,20-25,33-34,36-38H,14-16,19,26-32H2,1-7H3,(H,59,63)(H,60,64)(H,61,73)(H,62,74). The molecule has 1 aliphatic carbocycles. The number of methoxy groups -OCH3 is 1. The zero-order valence-electron chi connectivity index (χ0n) is 44.1. The van der Waals surface area contributed by atoms with E-state index in [1.165, 1.54) is 0 Å². The number of anilines is 4. The highest BCUT2D eigenvalue weighted by atomic mass is 16.5. The molecule has 2 saturated heterocycles. The lowest BCUT2D eigenvalue weighted by molar-refractivity contribution is 0.0264. The van der Waals surface area contributed by atoms with Crippen LogP contribution in [0.2, 0.25) is 0 Å². The van der Waals surface area contributed by atoms with Gasteiger partial charge in [-0.2, -0.15) is 20.4 Å². The maximum absolute atomic E-state index is 14.2. The summed E-state index contributed by atoms with van der Waals surface area (Å²) in [5.41, 5.74) is 6.45. The molecule has 4 N–H and O–H groups in total. The molecule has 2 aliphatic heterocycles. The average molecular weight is 1030 g/mol. The van der Waals surface area contributed by atoms with Crippen molar-refractivity contribution < 1.29 is 19.1 Å². The number of urea groups is 2. The first-order valence-electron chi connectivity index (χ1n) is 26.2. The van der Waals surface area contributed by atoms with Crippen molar-refractivity contribution in [2.24, 2.45) is 11.8 Å². The fourth-order valence-electron chi connectivity index (χ4n) is 10.2. The highest BCUT2D eigenvalue weighted by Gasteiger charge is 2.44. The van der Waals surface area contributed by atoms with Crippen molar-refractivity contribution in [1.29, 1.82) is 0 Å². The average Bonchev–Trinajstić information content (AvgIpc) is 3.68. The number of carbonyl (C=O) groups is 2. The van der Waals surface area contributed by atoms with Gasteiger partial charge in [-0.25, -0.2) is 9.59 Å². The molecule has 22 heteroatoms. The number of H-pyrrole nitrogens is 2. The zero-order chi connectivity index (χ0) is 52.7. The van der Waals surface area contributed by atoms with Crippen molar-refractivity contribution in [3.63, 3.8) is 0 Å². The van der Waals surface area contributed by atoms with Gasteiger partial charge in [0.15, 0.2) is 11.6 Å². The van der Waals surface area contributed by atoms with Crippen LogP contribution in [0.25, 0.3) is 44.6 Å². The van der Waals surface area contributed by atoms with Crippen LogP contribution in [-0.4, -0.2) is 147 Å². The SMILES string of the molecule is COC1CN(c2nn(CC(C)CCOC3CN(c4nn(CC(C)C)c5cc(-c6[nH]ncc6NC(=O)N(C)Cc6ccccn6)ncc45)C3)c3cc(-c4[nH]ncc4NC(=O)N(C4CC4)C(C)(C)c4ccccn4)ncc23)C1. The van der Waals surface area contributed by atoms with Crippen LogP contribution >= 0.6 is 0 Å². The molecule has 1 atom stereocenters. The van der Waals surface area contributed by atoms with E-state index >= 15 is 0 Å². The molecule has 0 radical (unpaired) electrons. The summed E-state index contributed by atoms with van der Waals surface area (Å²) in [5, 5.41) is 33.1. The largest absolute Gasteiger partial charge is 0.378 e. The van der Waals surface area contributed by atoms with E-state index in [0.29, 0.717) is 72.9 Å². The highest BCUT2D eigenvalue weighted by molar-refractivity contribution is 5.97. The Morgan fingerprint density at radius 2 is 1.33 bits per heavy atom. The first-order valence-corrected chi connectivity index (χ1v) is 26.2. The normalized spacial score (nSPS) is 15.6. The number of carbonyl (C=O) groups excluding carboxylic acids is 2. The van der Waals surface area contributed by atoms with Crippen molar-refractivity contribution in [3.8, 4) is 22.8 Å². The maximum Gasteiger partial charge on any atom is 0.322 e. The number of aromatic amines is 2. The van der Waals surface area contributed by atoms with Crippen LogP contribution in [0.5, 0.6) is 0 Å². The van der Waals surface area contributed by atoms with Crippen LogP contribution in [-0.2, 0) is 34.6 Å². The number of ether oxygens (including phenoxy) is 2. The zero-order valence-corrected chi connectivity index (χ0v) is 44.1. The first-order chi connectivity index (χ1) is 36.8. The number of rotatable bonds is 20. The van der Waals surface area contributed by atoms with Crippen LogP contribution < -0.4 is 20.4 Å². The first kappa shape index (κ1) is 50.2. The third-order valence-corrected chi connectivity index (χ3v) is 14.6. The Kier molecular flexibility index (Phi) is 13.9. The Morgan fingerprint density at radius 1 is 0.750 bits per heavy atom. The number of nitrogens with one attached hydrogen (secondary N) is 4. The number of hydrogen-bond acceptors (Lipinski definition) is 14. The predicted octanol–water partition coefficient (Wildman–Crippen LogP) is 7.76. The topological polar surface area (TPSA) is 234 Å². The lowest BCUT2D eigenvalue weighted by Crippen LogP contribution is -2.52. The summed E-state index contributed by atoms with van der Waals surface area (Å²) in [5.74, 6) is 2.34. The Labute approximate surface area is 440 Å². The quantitative estimate of drug-likeness (QED) is 0.0571. The molecule has 4 amide bonds. The van der Waals surface area contributed by atoms with Gasteiger partial charge in [-0.1, -0.05) is 32.9 Å². The molecule has 0 aromatic carbocycles. The van der Waals surface area contributed by atoms with E-state index in [1.54, 1.807) is 43.8 Å². The Bertz CT molecular complexity index is 3320. The van der Waals surface area contributed by atoms with E-state index in [1.807, 2.05) is 84.4 Å². The second-order valence-electron chi connectivity index (χ2n) is 21.4. The Morgan fingerprint density at radius 3 is 1.88 bits per heavy atom. The molecule has 11 rings (SSSR count). The molecule has 76 heavy (non-hydrogen) atoms. The molecule has 0 bridgehead atoms. The smallest absolute Gasteiger partial charge is 0.322 e. The van der Waals surface area contributed by atoms with E-state index in [0.717, 1.165) is 83.7 Å². The molecule has 0 spiro atoms. The van der Waals surface area contributed by atoms with Crippen molar-refractivity contribution in [2.75, 3.05) is 67.4 Å².